The predicted octanol–water partition coefficient (Wildman–Crippen LogP) is 3.28. The van der Waals surface area contributed by atoms with E-state index in [-0.39, 0.29) is 0 Å². The van der Waals surface area contributed by atoms with E-state index in [0.717, 1.165) is 17.9 Å². The Morgan fingerprint density at radius 1 is 1.06 bits per heavy atom. The van der Waals surface area contributed by atoms with E-state index in [1.165, 1.54) is 71.1 Å². The molecule has 0 radical (unpaired) electrons. The lowest BCUT2D eigenvalue weighted by Gasteiger charge is -2.35. The second-order valence-corrected chi connectivity index (χ2v) is 6.57. The Labute approximate surface area is 114 Å². The van der Waals surface area contributed by atoms with Crippen LogP contribution in [0.2, 0.25) is 0 Å². The van der Waals surface area contributed by atoms with Crippen LogP contribution in [0.25, 0.3) is 0 Å². The number of rotatable bonds is 4. The molecule has 3 atom stereocenters. The first kappa shape index (κ1) is 14.3. The Morgan fingerprint density at radius 3 is 2.67 bits per heavy atom. The van der Waals surface area contributed by atoms with E-state index < -0.39 is 0 Å². The number of hydrogen-bond donors (Lipinski definition) is 1. The first-order chi connectivity index (χ1) is 8.79. The van der Waals surface area contributed by atoms with Crippen LogP contribution < -0.4 is 5.32 Å². The molecule has 0 aromatic rings. The van der Waals surface area contributed by atoms with Gasteiger partial charge in [0.25, 0.3) is 0 Å². The molecule has 1 heterocycles. The molecular weight excluding hydrogens is 220 g/mol. The van der Waals surface area contributed by atoms with Gasteiger partial charge < -0.3 is 10.2 Å². The van der Waals surface area contributed by atoms with Gasteiger partial charge in [0, 0.05) is 12.6 Å². The first-order valence-electron chi connectivity index (χ1n) is 8.24. The van der Waals surface area contributed by atoms with Gasteiger partial charge in [-0.05, 0) is 63.6 Å². The summed E-state index contributed by atoms with van der Waals surface area (Å²) in [4.78, 5) is 2.79. The summed E-state index contributed by atoms with van der Waals surface area (Å²) in [7, 11) is 0. The standard InChI is InChI=1S/C16H32N2/c1-3-18(13-15-7-5-11-17-12-15)16-8-4-6-14(2)9-10-16/h14-17H,3-13H2,1-2H3. The van der Waals surface area contributed by atoms with Crippen molar-refractivity contribution in [2.75, 3.05) is 26.2 Å². The molecule has 1 aliphatic carbocycles. The molecule has 0 aromatic carbocycles. The molecule has 2 fully saturated rings. The van der Waals surface area contributed by atoms with Crippen LogP contribution in [0.15, 0.2) is 0 Å². The fourth-order valence-electron chi connectivity index (χ4n) is 3.78. The van der Waals surface area contributed by atoms with Crippen LogP contribution in [0.5, 0.6) is 0 Å². The Bertz CT molecular complexity index is 223. The molecule has 1 aliphatic heterocycles. The molecule has 1 saturated carbocycles. The average molecular weight is 252 g/mol. The maximum absolute atomic E-state index is 3.56. The van der Waals surface area contributed by atoms with Gasteiger partial charge in [-0.2, -0.15) is 0 Å². The van der Waals surface area contributed by atoms with Crippen molar-refractivity contribution in [3.8, 4) is 0 Å². The Kier molecular flexibility index (Phi) is 5.97. The van der Waals surface area contributed by atoms with Crippen LogP contribution in [0.4, 0.5) is 0 Å². The lowest BCUT2D eigenvalue weighted by Crippen LogP contribution is -2.42. The van der Waals surface area contributed by atoms with E-state index in [1.807, 2.05) is 0 Å². The zero-order chi connectivity index (χ0) is 12.8. The van der Waals surface area contributed by atoms with Crippen molar-refractivity contribution in [2.24, 2.45) is 11.8 Å². The molecule has 2 heteroatoms. The Balaban J connectivity index is 1.82. The van der Waals surface area contributed by atoms with Crippen molar-refractivity contribution in [2.45, 2.75) is 64.8 Å². The maximum atomic E-state index is 3.56. The summed E-state index contributed by atoms with van der Waals surface area (Å²) in [6, 6.07) is 0.877. The van der Waals surface area contributed by atoms with Gasteiger partial charge in [-0.15, -0.1) is 0 Å². The van der Waals surface area contributed by atoms with Gasteiger partial charge in [-0.3, -0.25) is 0 Å². The van der Waals surface area contributed by atoms with E-state index in [9.17, 15) is 0 Å². The van der Waals surface area contributed by atoms with E-state index in [1.54, 1.807) is 0 Å². The van der Waals surface area contributed by atoms with Crippen LogP contribution in [-0.2, 0) is 0 Å². The van der Waals surface area contributed by atoms with Gasteiger partial charge in [-0.25, -0.2) is 0 Å². The molecule has 2 rings (SSSR count). The summed E-state index contributed by atoms with van der Waals surface area (Å²) >= 11 is 0. The van der Waals surface area contributed by atoms with Gasteiger partial charge in [0.1, 0.15) is 0 Å². The second-order valence-electron chi connectivity index (χ2n) is 6.57. The summed E-state index contributed by atoms with van der Waals surface area (Å²) in [5.41, 5.74) is 0. The molecule has 2 aliphatic rings. The van der Waals surface area contributed by atoms with Crippen LogP contribution in [-0.4, -0.2) is 37.1 Å². The highest BCUT2D eigenvalue weighted by Gasteiger charge is 2.24. The van der Waals surface area contributed by atoms with Gasteiger partial charge in [0.15, 0.2) is 0 Å². The highest BCUT2D eigenvalue weighted by Crippen LogP contribution is 2.26. The molecule has 3 unspecified atom stereocenters. The van der Waals surface area contributed by atoms with Gasteiger partial charge in [-0.1, -0.05) is 26.7 Å². The summed E-state index contributed by atoms with van der Waals surface area (Å²) in [5.74, 6) is 1.87. The third kappa shape index (κ3) is 4.24. The Hall–Kier alpha value is -0.0800. The molecular formula is C16H32N2. The monoisotopic (exact) mass is 252 g/mol. The summed E-state index contributed by atoms with van der Waals surface area (Å²) < 4.78 is 0. The molecule has 106 valence electrons. The number of nitrogens with one attached hydrogen (secondary N) is 1. The number of nitrogens with zero attached hydrogens (tertiary/aromatic N) is 1. The first-order valence-corrected chi connectivity index (χ1v) is 8.24. The number of hydrogen-bond acceptors (Lipinski definition) is 2. The quantitative estimate of drug-likeness (QED) is 0.773. The van der Waals surface area contributed by atoms with Crippen molar-refractivity contribution >= 4 is 0 Å². The van der Waals surface area contributed by atoms with Gasteiger partial charge in [0.05, 0.1) is 0 Å². The number of piperidine rings is 1. The minimum absolute atomic E-state index is 0.877. The predicted molar refractivity (Wildman–Crippen MR) is 78.9 cm³/mol. The second kappa shape index (κ2) is 7.49. The van der Waals surface area contributed by atoms with E-state index in [0.29, 0.717) is 0 Å². The van der Waals surface area contributed by atoms with E-state index >= 15 is 0 Å². The molecule has 0 spiro atoms. The molecule has 18 heavy (non-hydrogen) atoms. The SMILES string of the molecule is CCN(CC1CCCNC1)C1CCCC(C)CC1. The van der Waals surface area contributed by atoms with Crippen LogP contribution >= 0.6 is 0 Å². The summed E-state index contributed by atoms with van der Waals surface area (Å²) in [6.07, 6.45) is 10.1. The molecule has 1 N–H and O–H groups in total. The highest BCUT2D eigenvalue weighted by molar-refractivity contribution is 4.80. The maximum Gasteiger partial charge on any atom is 0.00953 e. The molecule has 0 amide bonds. The molecule has 1 saturated heterocycles. The molecule has 0 aromatic heterocycles. The van der Waals surface area contributed by atoms with Crippen LogP contribution in [0, 0.1) is 11.8 Å². The van der Waals surface area contributed by atoms with Crippen molar-refractivity contribution in [3.05, 3.63) is 0 Å². The zero-order valence-corrected chi connectivity index (χ0v) is 12.5. The molecule has 2 nitrogen and oxygen atoms in total. The Morgan fingerprint density at radius 2 is 1.94 bits per heavy atom. The van der Waals surface area contributed by atoms with Crippen molar-refractivity contribution in [3.63, 3.8) is 0 Å². The van der Waals surface area contributed by atoms with E-state index in [4.69, 9.17) is 0 Å². The van der Waals surface area contributed by atoms with E-state index in [2.05, 4.69) is 24.1 Å². The van der Waals surface area contributed by atoms with Crippen molar-refractivity contribution in [1.29, 1.82) is 0 Å². The topological polar surface area (TPSA) is 15.3 Å². The minimum atomic E-state index is 0.877. The minimum Gasteiger partial charge on any atom is -0.316 e. The van der Waals surface area contributed by atoms with Gasteiger partial charge >= 0.3 is 0 Å². The third-order valence-electron chi connectivity index (χ3n) is 5.04. The fourth-order valence-corrected chi connectivity index (χ4v) is 3.78. The largest absolute Gasteiger partial charge is 0.316 e. The molecule has 0 bridgehead atoms. The lowest BCUT2D eigenvalue weighted by atomic mass is 9.97. The normalized spacial score (nSPS) is 34.5. The lowest BCUT2D eigenvalue weighted by molar-refractivity contribution is 0.147. The van der Waals surface area contributed by atoms with Crippen molar-refractivity contribution < 1.29 is 0 Å². The highest BCUT2D eigenvalue weighted by atomic mass is 15.2. The third-order valence-corrected chi connectivity index (χ3v) is 5.04. The van der Waals surface area contributed by atoms with Crippen molar-refractivity contribution in [1.82, 2.24) is 10.2 Å². The fraction of sp³-hybridized carbons (Fsp3) is 1.00. The summed E-state index contributed by atoms with van der Waals surface area (Å²) in [5, 5.41) is 3.56. The smallest absolute Gasteiger partial charge is 0.00953 e. The zero-order valence-electron chi connectivity index (χ0n) is 12.5. The van der Waals surface area contributed by atoms with Crippen LogP contribution in [0.3, 0.4) is 0 Å². The van der Waals surface area contributed by atoms with Gasteiger partial charge in [0.2, 0.25) is 0 Å². The average Bonchev–Trinajstić information content (AvgIpc) is 2.62. The summed E-state index contributed by atoms with van der Waals surface area (Å²) in [6.45, 7) is 9.86. The van der Waals surface area contributed by atoms with Crippen LogP contribution in [0.1, 0.15) is 58.8 Å².